The number of carbonyl (C=O) groups excluding carboxylic acids is 2. The zero-order chi connectivity index (χ0) is 19.4. The van der Waals surface area contributed by atoms with Crippen molar-refractivity contribution in [3.05, 3.63) is 59.7 Å². The summed E-state index contributed by atoms with van der Waals surface area (Å²) in [5.41, 5.74) is -0.154. The molecular weight excluding hydrogens is 377 g/mol. The van der Waals surface area contributed by atoms with Gasteiger partial charge in [0.15, 0.2) is 0 Å². The minimum atomic E-state index is -4.42. The van der Waals surface area contributed by atoms with Gasteiger partial charge < -0.3 is 10.6 Å². The molecule has 27 heavy (non-hydrogen) atoms. The standard InChI is InChI=1S/C19H17F3N2O2S/c20-19(21,22)12-5-7-14(8-6-12)24-18(26)15-3-1-2-4-16(15)27-11-17(25)23-13-9-10-13/h1-8,13H,9-11H2,(H,23,25)(H,24,26). The third kappa shape index (κ3) is 5.50. The molecule has 1 aliphatic carbocycles. The van der Waals surface area contributed by atoms with Crippen LogP contribution in [0.15, 0.2) is 53.4 Å². The summed E-state index contributed by atoms with van der Waals surface area (Å²) < 4.78 is 37.8. The average molecular weight is 394 g/mol. The highest BCUT2D eigenvalue weighted by Crippen LogP contribution is 2.30. The van der Waals surface area contributed by atoms with Gasteiger partial charge in [0.05, 0.1) is 16.9 Å². The van der Waals surface area contributed by atoms with Crippen molar-refractivity contribution in [2.24, 2.45) is 0 Å². The molecule has 3 rings (SSSR count). The second-order valence-electron chi connectivity index (χ2n) is 6.16. The number of benzene rings is 2. The first kappa shape index (κ1) is 19.3. The molecule has 0 heterocycles. The number of alkyl halides is 3. The summed E-state index contributed by atoms with van der Waals surface area (Å²) >= 11 is 1.25. The number of hydrogen-bond acceptors (Lipinski definition) is 3. The van der Waals surface area contributed by atoms with Crippen LogP contribution in [-0.4, -0.2) is 23.6 Å². The summed E-state index contributed by atoms with van der Waals surface area (Å²) in [6, 6.07) is 11.3. The molecule has 2 aromatic rings. The van der Waals surface area contributed by atoms with Crippen molar-refractivity contribution >= 4 is 29.3 Å². The van der Waals surface area contributed by atoms with Crippen molar-refractivity contribution in [3.63, 3.8) is 0 Å². The maximum absolute atomic E-state index is 12.6. The lowest BCUT2D eigenvalue weighted by Crippen LogP contribution is -2.27. The van der Waals surface area contributed by atoms with Crippen molar-refractivity contribution in [1.29, 1.82) is 0 Å². The highest BCUT2D eigenvalue weighted by atomic mass is 32.2. The first-order valence-corrected chi connectivity index (χ1v) is 9.31. The first-order valence-electron chi connectivity index (χ1n) is 8.33. The molecule has 2 aromatic carbocycles. The molecule has 0 aliphatic heterocycles. The van der Waals surface area contributed by atoms with E-state index in [0.717, 1.165) is 25.0 Å². The summed E-state index contributed by atoms with van der Waals surface area (Å²) in [7, 11) is 0. The molecule has 0 unspecified atom stereocenters. The van der Waals surface area contributed by atoms with Gasteiger partial charge in [0.1, 0.15) is 0 Å². The van der Waals surface area contributed by atoms with E-state index in [4.69, 9.17) is 0 Å². The Morgan fingerprint density at radius 2 is 1.70 bits per heavy atom. The Morgan fingerprint density at radius 1 is 1.04 bits per heavy atom. The van der Waals surface area contributed by atoms with E-state index in [9.17, 15) is 22.8 Å². The maximum Gasteiger partial charge on any atom is 0.416 e. The molecule has 8 heteroatoms. The number of thioether (sulfide) groups is 1. The fourth-order valence-corrected chi connectivity index (χ4v) is 3.22. The molecule has 0 saturated heterocycles. The summed E-state index contributed by atoms with van der Waals surface area (Å²) in [5, 5.41) is 5.46. The van der Waals surface area contributed by atoms with Crippen LogP contribution in [0.2, 0.25) is 0 Å². The van der Waals surface area contributed by atoms with Crippen LogP contribution >= 0.6 is 11.8 Å². The fourth-order valence-electron chi connectivity index (χ4n) is 2.36. The number of halogens is 3. The van der Waals surface area contributed by atoms with Crippen LogP contribution in [0.3, 0.4) is 0 Å². The third-order valence-corrected chi connectivity index (χ3v) is 4.98. The molecule has 1 aliphatic rings. The predicted molar refractivity (Wildman–Crippen MR) is 97.7 cm³/mol. The minimum absolute atomic E-state index is 0.0829. The van der Waals surface area contributed by atoms with E-state index in [0.29, 0.717) is 10.5 Å². The number of anilines is 1. The van der Waals surface area contributed by atoms with Gasteiger partial charge in [0.2, 0.25) is 5.91 Å². The highest BCUT2D eigenvalue weighted by molar-refractivity contribution is 8.00. The lowest BCUT2D eigenvalue weighted by molar-refractivity contribution is -0.137. The number of amides is 2. The van der Waals surface area contributed by atoms with E-state index in [1.54, 1.807) is 24.3 Å². The van der Waals surface area contributed by atoms with Gasteiger partial charge in [-0.15, -0.1) is 11.8 Å². The lowest BCUT2D eigenvalue weighted by Gasteiger charge is -2.11. The molecule has 2 amide bonds. The van der Waals surface area contributed by atoms with Crippen molar-refractivity contribution < 1.29 is 22.8 Å². The van der Waals surface area contributed by atoms with Crippen LogP contribution in [0.1, 0.15) is 28.8 Å². The lowest BCUT2D eigenvalue weighted by atomic mass is 10.1. The second kappa shape index (κ2) is 8.04. The van der Waals surface area contributed by atoms with E-state index in [-0.39, 0.29) is 23.4 Å². The van der Waals surface area contributed by atoms with Gasteiger partial charge in [-0.1, -0.05) is 12.1 Å². The predicted octanol–water partition coefficient (Wildman–Crippen LogP) is 4.33. The van der Waals surface area contributed by atoms with Gasteiger partial charge in [0, 0.05) is 16.6 Å². The zero-order valence-corrected chi connectivity index (χ0v) is 15.0. The average Bonchev–Trinajstić information content (AvgIpc) is 3.44. The van der Waals surface area contributed by atoms with Crippen molar-refractivity contribution in [1.82, 2.24) is 5.32 Å². The number of hydrogen-bond donors (Lipinski definition) is 2. The van der Waals surface area contributed by atoms with Gasteiger partial charge in [-0.05, 0) is 49.2 Å². The van der Waals surface area contributed by atoms with Crippen LogP contribution in [-0.2, 0) is 11.0 Å². The molecule has 4 nitrogen and oxygen atoms in total. The number of rotatable bonds is 6. The summed E-state index contributed by atoms with van der Waals surface area (Å²) in [5.74, 6) is -0.331. The minimum Gasteiger partial charge on any atom is -0.353 e. The molecule has 142 valence electrons. The monoisotopic (exact) mass is 394 g/mol. The van der Waals surface area contributed by atoms with Gasteiger partial charge in [-0.25, -0.2) is 0 Å². The molecule has 0 aromatic heterocycles. The topological polar surface area (TPSA) is 58.2 Å². The Kier molecular flexibility index (Phi) is 5.74. The van der Waals surface area contributed by atoms with E-state index < -0.39 is 17.6 Å². The number of nitrogens with one attached hydrogen (secondary N) is 2. The van der Waals surface area contributed by atoms with Crippen LogP contribution in [0.4, 0.5) is 18.9 Å². The van der Waals surface area contributed by atoms with Crippen molar-refractivity contribution in [3.8, 4) is 0 Å². The highest BCUT2D eigenvalue weighted by Gasteiger charge is 2.30. The van der Waals surface area contributed by atoms with Crippen LogP contribution in [0.5, 0.6) is 0 Å². The van der Waals surface area contributed by atoms with E-state index in [1.165, 1.54) is 23.9 Å². The molecule has 0 radical (unpaired) electrons. The Morgan fingerprint density at radius 3 is 2.33 bits per heavy atom. The number of carbonyl (C=O) groups is 2. The molecule has 0 spiro atoms. The smallest absolute Gasteiger partial charge is 0.353 e. The zero-order valence-electron chi connectivity index (χ0n) is 14.2. The molecule has 0 bridgehead atoms. The largest absolute Gasteiger partial charge is 0.416 e. The Balaban J connectivity index is 1.64. The molecular formula is C19H17F3N2O2S. The van der Waals surface area contributed by atoms with Gasteiger partial charge >= 0.3 is 6.18 Å². The van der Waals surface area contributed by atoms with E-state index in [1.807, 2.05) is 0 Å². The van der Waals surface area contributed by atoms with Crippen LogP contribution in [0, 0.1) is 0 Å². The molecule has 2 N–H and O–H groups in total. The summed E-state index contributed by atoms with van der Waals surface area (Å²) in [4.78, 5) is 25.0. The third-order valence-electron chi connectivity index (χ3n) is 3.90. The SMILES string of the molecule is O=C(CSc1ccccc1C(=O)Nc1ccc(C(F)(F)F)cc1)NC1CC1. The Hall–Kier alpha value is -2.48. The van der Waals surface area contributed by atoms with E-state index >= 15 is 0 Å². The fraction of sp³-hybridized carbons (Fsp3) is 0.263. The molecule has 0 atom stereocenters. The Bertz CT molecular complexity index is 834. The molecule has 1 saturated carbocycles. The van der Waals surface area contributed by atoms with Crippen LogP contribution in [0.25, 0.3) is 0 Å². The van der Waals surface area contributed by atoms with Crippen molar-refractivity contribution in [2.45, 2.75) is 30.0 Å². The normalized spacial score (nSPS) is 13.9. The van der Waals surface area contributed by atoms with Gasteiger partial charge in [-0.3, -0.25) is 9.59 Å². The Labute approximate surface area is 158 Å². The van der Waals surface area contributed by atoms with Crippen molar-refractivity contribution in [2.75, 3.05) is 11.1 Å². The van der Waals surface area contributed by atoms with Gasteiger partial charge in [0.25, 0.3) is 5.91 Å². The van der Waals surface area contributed by atoms with Gasteiger partial charge in [-0.2, -0.15) is 13.2 Å². The summed E-state index contributed by atoms with van der Waals surface area (Å²) in [6.45, 7) is 0. The first-order chi connectivity index (χ1) is 12.8. The second-order valence-corrected chi connectivity index (χ2v) is 7.17. The van der Waals surface area contributed by atoms with E-state index in [2.05, 4.69) is 10.6 Å². The summed E-state index contributed by atoms with van der Waals surface area (Å²) in [6.07, 6.45) is -2.42. The van der Waals surface area contributed by atoms with Crippen LogP contribution < -0.4 is 10.6 Å². The quantitative estimate of drug-likeness (QED) is 0.717. The maximum atomic E-state index is 12.6. The molecule has 1 fully saturated rings.